The Kier molecular flexibility index (Phi) is 6.47. The molecule has 8 nitrogen and oxygen atoms in total. The van der Waals surface area contributed by atoms with Gasteiger partial charge in [0.1, 0.15) is 10.3 Å². The Labute approximate surface area is 193 Å². The van der Waals surface area contributed by atoms with Crippen molar-refractivity contribution < 1.29 is 21.6 Å². The van der Waals surface area contributed by atoms with Crippen molar-refractivity contribution in [3.8, 4) is 0 Å². The van der Waals surface area contributed by atoms with Gasteiger partial charge in [-0.05, 0) is 55.3 Å². The number of hydrogen-bond donors (Lipinski definition) is 0. The molecule has 2 aliphatic rings. The zero-order valence-corrected chi connectivity index (χ0v) is 20.5. The van der Waals surface area contributed by atoms with Crippen molar-refractivity contribution in [1.29, 1.82) is 0 Å². The van der Waals surface area contributed by atoms with Gasteiger partial charge in [-0.2, -0.15) is 8.61 Å². The predicted octanol–water partition coefficient (Wildman–Crippen LogP) is 2.05. The van der Waals surface area contributed by atoms with Crippen LogP contribution in [-0.2, 0) is 24.8 Å². The first kappa shape index (κ1) is 23.4. The lowest BCUT2D eigenvalue weighted by Crippen LogP contribution is -2.55. The van der Waals surface area contributed by atoms with Gasteiger partial charge in [0.25, 0.3) is 10.0 Å². The number of aryl methyl sites for hydroxylation is 2. The third-order valence-electron chi connectivity index (χ3n) is 6.06. The van der Waals surface area contributed by atoms with Crippen LogP contribution in [0, 0.1) is 13.8 Å². The molecule has 0 bridgehead atoms. The zero-order chi connectivity index (χ0) is 23.1. The second-order valence-corrected chi connectivity index (χ2v) is 13.2. The van der Waals surface area contributed by atoms with Crippen LogP contribution < -0.4 is 0 Å². The molecule has 2 aliphatic heterocycles. The summed E-state index contributed by atoms with van der Waals surface area (Å²) < 4.78 is 55.2. The van der Waals surface area contributed by atoms with Crippen LogP contribution in [0.15, 0.2) is 44.8 Å². The van der Waals surface area contributed by atoms with Gasteiger partial charge in [0.15, 0.2) is 0 Å². The summed E-state index contributed by atoms with van der Waals surface area (Å²) >= 11 is 1.14. The summed E-state index contributed by atoms with van der Waals surface area (Å²) in [5.41, 5.74) is 1.56. The van der Waals surface area contributed by atoms with Gasteiger partial charge in [-0.1, -0.05) is 18.2 Å². The molecule has 32 heavy (non-hydrogen) atoms. The zero-order valence-electron chi connectivity index (χ0n) is 18.1. The molecule has 11 heteroatoms. The minimum Gasteiger partial charge on any atom is -0.339 e. The van der Waals surface area contributed by atoms with Crippen molar-refractivity contribution in [2.45, 2.75) is 41.8 Å². The summed E-state index contributed by atoms with van der Waals surface area (Å²) in [5, 5.41) is 1.70. The molecule has 0 spiro atoms. The number of hydrogen-bond acceptors (Lipinski definition) is 6. The lowest BCUT2D eigenvalue weighted by atomic mass is 10.2. The van der Waals surface area contributed by atoms with Gasteiger partial charge in [-0.25, -0.2) is 16.8 Å². The number of nitrogens with zero attached hydrogens (tertiary/aromatic N) is 3. The summed E-state index contributed by atoms with van der Waals surface area (Å²) in [7, 11) is -7.37. The number of thiophene rings is 1. The van der Waals surface area contributed by atoms with E-state index in [0.717, 1.165) is 16.9 Å². The molecule has 1 aromatic heterocycles. The Balaban J connectivity index is 1.46. The molecule has 0 N–H and O–H groups in total. The SMILES string of the molecule is Cc1ccc(C)c(S(=O)(=O)N2CCN(C(=O)C3CCCN3S(=O)(=O)c3cccs3)CC2)c1. The topological polar surface area (TPSA) is 95.1 Å². The van der Waals surface area contributed by atoms with E-state index in [4.69, 9.17) is 0 Å². The first-order chi connectivity index (χ1) is 15.1. The molecule has 2 fully saturated rings. The number of benzene rings is 1. The molecular weight excluding hydrogens is 470 g/mol. The van der Waals surface area contributed by atoms with E-state index in [0.29, 0.717) is 29.8 Å². The van der Waals surface area contributed by atoms with Crippen LogP contribution in [-0.4, -0.2) is 75.0 Å². The lowest BCUT2D eigenvalue weighted by molar-refractivity contribution is -0.135. The minimum atomic E-state index is -3.71. The number of piperazine rings is 1. The van der Waals surface area contributed by atoms with E-state index in [2.05, 4.69) is 0 Å². The van der Waals surface area contributed by atoms with Crippen LogP contribution in [0.1, 0.15) is 24.0 Å². The Morgan fingerprint density at radius 2 is 1.69 bits per heavy atom. The molecule has 1 unspecified atom stereocenters. The van der Waals surface area contributed by atoms with E-state index >= 15 is 0 Å². The van der Waals surface area contributed by atoms with Crippen LogP contribution in [0.4, 0.5) is 0 Å². The van der Waals surface area contributed by atoms with E-state index < -0.39 is 26.1 Å². The molecule has 2 aromatic rings. The van der Waals surface area contributed by atoms with E-state index in [9.17, 15) is 21.6 Å². The van der Waals surface area contributed by atoms with E-state index in [1.54, 1.807) is 41.5 Å². The highest BCUT2D eigenvalue weighted by atomic mass is 32.2. The third kappa shape index (κ3) is 4.24. The molecule has 3 heterocycles. The second-order valence-electron chi connectivity index (χ2n) is 8.20. The largest absolute Gasteiger partial charge is 0.339 e. The molecule has 1 aromatic carbocycles. The standard InChI is InChI=1S/C21H27N3O5S3/c1-16-7-8-17(2)19(15-16)31(26,27)23-12-10-22(11-13-23)21(25)18-5-3-9-24(18)32(28,29)20-6-4-14-30-20/h4,6-8,14-15,18H,3,5,9-13H2,1-2H3. The highest BCUT2D eigenvalue weighted by Crippen LogP contribution is 2.30. The third-order valence-corrected chi connectivity index (χ3v) is 11.4. The average molecular weight is 498 g/mol. The maximum absolute atomic E-state index is 13.2. The van der Waals surface area contributed by atoms with Gasteiger partial charge >= 0.3 is 0 Å². The molecule has 1 atom stereocenters. The fourth-order valence-electron chi connectivity index (χ4n) is 4.28. The summed E-state index contributed by atoms with van der Waals surface area (Å²) in [4.78, 5) is 15.1. The minimum absolute atomic E-state index is 0.186. The lowest BCUT2D eigenvalue weighted by Gasteiger charge is -2.36. The van der Waals surface area contributed by atoms with E-state index in [1.165, 1.54) is 8.61 Å². The highest BCUT2D eigenvalue weighted by Gasteiger charge is 2.42. The highest BCUT2D eigenvalue weighted by molar-refractivity contribution is 7.91. The summed E-state index contributed by atoms with van der Waals surface area (Å²) in [6.07, 6.45) is 1.10. The summed E-state index contributed by atoms with van der Waals surface area (Å²) in [5.74, 6) is -0.244. The molecule has 1 amide bonds. The number of sulfonamides is 2. The van der Waals surface area contributed by atoms with Crippen molar-refractivity contribution in [1.82, 2.24) is 13.5 Å². The van der Waals surface area contributed by atoms with Crippen molar-refractivity contribution in [2.24, 2.45) is 0 Å². The Bertz CT molecular complexity index is 1200. The number of carbonyl (C=O) groups excluding carboxylic acids is 1. The van der Waals surface area contributed by atoms with Crippen molar-refractivity contribution >= 4 is 37.3 Å². The van der Waals surface area contributed by atoms with Crippen LogP contribution in [0.5, 0.6) is 0 Å². The van der Waals surface area contributed by atoms with E-state index in [1.807, 2.05) is 13.0 Å². The fourth-order valence-corrected chi connectivity index (χ4v) is 8.79. The van der Waals surface area contributed by atoms with Gasteiger partial charge in [-0.15, -0.1) is 11.3 Å². The quantitative estimate of drug-likeness (QED) is 0.630. The maximum atomic E-state index is 13.2. The fraction of sp³-hybridized carbons (Fsp3) is 0.476. The maximum Gasteiger partial charge on any atom is 0.253 e. The van der Waals surface area contributed by atoms with Crippen LogP contribution in [0.25, 0.3) is 0 Å². The van der Waals surface area contributed by atoms with Crippen LogP contribution in [0.2, 0.25) is 0 Å². The molecule has 0 saturated carbocycles. The van der Waals surface area contributed by atoms with Crippen molar-refractivity contribution in [3.63, 3.8) is 0 Å². The Hall–Kier alpha value is -1.79. The van der Waals surface area contributed by atoms with Crippen molar-refractivity contribution in [3.05, 3.63) is 46.8 Å². The average Bonchev–Trinajstić information content (AvgIpc) is 3.48. The first-order valence-electron chi connectivity index (χ1n) is 10.5. The van der Waals surface area contributed by atoms with Gasteiger partial charge in [0.05, 0.1) is 4.90 Å². The molecule has 174 valence electrons. The van der Waals surface area contributed by atoms with Crippen LogP contribution in [0.3, 0.4) is 0 Å². The van der Waals surface area contributed by atoms with Gasteiger partial charge in [0, 0.05) is 32.7 Å². The second kappa shape index (κ2) is 8.86. The normalized spacial score (nSPS) is 21.2. The summed E-state index contributed by atoms with van der Waals surface area (Å²) in [6.45, 7) is 4.80. The molecular formula is C21H27N3O5S3. The molecule has 0 radical (unpaired) electrons. The molecule has 0 aliphatic carbocycles. The number of amides is 1. The van der Waals surface area contributed by atoms with E-state index in [-0.39, 0.29) is 36.3 Å². The smallest absolute Gasteiger partial charge is 0.253 e. The first-order valence-corrected chi connectivity index (χ1v) is 14.3. The number of carbonyl (C=O) groups is 1. The molecule has 2 saturated heterocycles. The van der Waals surface area contributed by atoms with Crippen molar-refractivity contribution in [2.75, 3.05) is 32.7 Å². The predicted molar refractivity (Wildman–Crippen MR) is 122 cm³/mol. The van der Waals surface area contributed by atoms with Gasteiger partial charge < -0.3 is 4.90 Å². The van der Waals surface area contributed by atoms with Crippen LogP contribution >= 0.6 is 11.3 Å². The Morgan fingerprint density at radius 1 is 0.969 bits per heavy atom. The number of rotatable bonds is 5. The Morgan fingerprint density at radius 3 is 2.34 bits per heavy atom. The molecule has 4 rings (SSSR count). The monoisotopic (exact) mass is 497 g/mol. The summed E-state index contributed by atoms with van der Waals surface area (Å²) in [6, 6.07) is 7.85. The van der Waals surface area contributed by atoms with Gasteiger partial charge in [0.2, 0.25) is 15.9 Å². The van der Waals surface area contributed by atoms with Gasteiger partial charge in [-0.3, -0.25) is 4.79 Å².